The van der Waals surface area contributed by atoms with Gasteiger partial charge in [-0.2, -0.15) is 0 Å². The molecule has 0 unspecified atom stereocenters. The molecule has 62 valence electrons. The van der Waals surface area contributed by atoms with Gasteiger partial charge < -0.3 is 10.2 Å². The van der Waals surface area contributed by atoms with Crippen LogP contribution in [0.3, 0.4) is 0 Å². The number of rotatable bonds is 2. The van der Waals surface area contributed by atoms with Gasteiger partial charge in [0, 0.05) is 0 Å². The zero-order chi connectivity index (χ0) is 8.43. The van der Waals surface area contributed by atoms with Crippen LogP contribution >= 0.6 is 0 Å². The molecule has 0 amide bonds. The van der Waals surface area contributed by atoms with Gasteiger partial charge in [-0.3, -0.25) is 0 Å². The van der Waals surface area contributed by atoms with Crippen LogP contribution in [0.15, 0.2) is 16.5 Å². The van der Waals surface area contributed by atoms with Crippen molar-refractivity contribution in [2.75, 3.05) is 0 Å². The fraction of sp³-hybridized carbons (Fsp3) is 0.556. The second-order valence-electron chi connectivity index (χ2n) is 3.22. The first-order valence-corrected chi connectivity index (χ1v) is 3.93. The highest BCUT2D eigenvalue weighted by atomic mass is 16.3. The van der Waals surface area contributed by atoms with E-state index in [1.165, 1.54) is 0 Å². The Morgan fingerprint density at radius 1 is 1.36 bits per heavy atom. The molecule has 0 aliphatic rings. The van der Waals surface area contributed by atoms with E-state index in [9.17, 15) is 0 Å². The fourth-order valence-electron chi connectivity index (χ4n) is 0.961. The molecule has 1 heterocycles. The predicted molar refractivity (Wildman–Crippen MR) is 45.2 cm³/mol. The summed E-state index contributed by atoms with van der Waals surface area (Å²) in [4.78, 5) is 0. The Morgan fingerprint density at radius 2 is 2.00 bits per heavy atom. The van der Waals surface area contributed by atoms with Gasteiger partial charge in [-0.05, 0) is 25.0 Å². The summed E-state index contributed by atoms with van der Waals surface area (Å²) in [6, 6.07) is 3.92. The zero-order valence-corrected chi connectivity index (χ0v) is 7.29. The number of furan rings is 1. The van der Waals surface area contributed by atoms with Crippen LogP contribution in [0, 0.1) is 12.8 Å². The Kier molecular flexibility index (Phi) is 2.35. The second-order valence-corrected chi connectivity index (χ2v) is 3.22. The molecule has 11 heavy (non-hydrogen) atoms. The smallest absolute Gasteiger partial charge is 0.121 e. The lowest BCUT2D eigenvalue weighted by Gasteiger charge is -2.11. The third-order valence-electron chi connectivity index (χ3n) is 1.81. The van der Waals surface area contributed by atoms with Gasteiger partial charge in [-0.1, -0.05) is 13.8 Å². The number of hydrogen-bond acceptors (Lipinski definition) is 2. The highest BCUT2D eigenvalue weighted by molar-refractivity contribution is 5.09. The normalized spacial score (nSPS) is 13.9. The molecule has 2 heteroatoms. The standard InChI is InChI=1S/C9H15NO/c1-6(2)9(10)8-5-4-7(3)11-8/h4-6,9H,10H2,1-3H3/t9-/m0/s1. The second kappa shape index (κ2) is 3.09. The first-order valence-electron chi connectivity index (χ1n) is 3.93. The molecule has 1 aromatic rings. The molecule has 0 saturated carbocycles. The van der Waals surface area contributed by atoms with Crippen LogP contribution in [0.25, 0.3) is 0 Å². The summed E-state index contributed by atoms with van der Waals surface area (Å²) in [7, 11) is 0. The SMILES string of the molecule is Cc1ccc([C@@H](N)C(C)C)o1. The number of nitrogens with two attached hydrogens (primary N) is 1. The topological polar surface area (TPSA) is 39.2 Å². The highest BCUT2D eigenvalue weighted by Crippen LogP contribution is 2.20. The van der Waals surface area contributed by atoms with Crippen LogP contribution in [-0.2, 0) is 0 Å². The van der Waals surface area contributed by atoms with Crippen molar-refractivity contribution < 1.29 is 4.42 Å². The molecule has 1 rings (SSSR count). The van der Waals surface area contributed by atoms with Gasteiger partial charge in [0.05, 0.1) is 6.04 Å². The molecule has 2 nitrogen and oxygen atoms in total. The first-order chi connectivity index (χ1) is 5.11. The minimum Gasteiger partial charge on any atom is -0.465 e. The molecule has 0 fully saturated rings. The molecule has 2 N–H and O–H groups in total. The molecule has 0 saturated heterocycles. The van der Waals surface area contributed by atoms with Crippen LogP contribution in [0.5, 0.6) is 0 Å². The van der Waals surface area contributed by atoms with Gasteiger partial charge in [0.15, 0.2) is 0 Å². The van der Waals surface area contributed by atoms with Crippen molar-refractivity contribution in [3.63, 3.8) is 0 Å². The van der Waals surface area contributed by atoms with E-state index in [1.54, 1.807) is 0 Å². The molecule has 0 radical (unpaired) electrons. The molecular weight excluding hydrogens is 138 g/mol. The molecule has 0 aromatic carbocycles. The molecule has 0 bridgehead atoms. The first kappa shape index (κ1) is 8.34. The van der Waals surface area contributed by atoms with Gasteiger partial charge in [0.2, 0.25) is 0 Å². The van der Waals surface area contributed by atoms with E-state index in [4.69, 9.17) is 10.2 Å². The summed E-state index contributed by atoms with van der Waals surface area (Å²) >= 11 is 0. The highest BCUT2D eigenvalue weighted by Gasteiger charge is 2.13. The zero-order valence-electron chi connectivity index (χ0n) is 7.29. The third-order valence-corrected chi connectivity index (χ3v) is 1.81. The van der Waals surface area contributed by atoms with E-state index in [-0.39, 0.29) is 6.04 Å². The monoisotopic (exact) mass is 153 g/mol. The van der Waals surface area contributed by atoms with Gasteiger partial charge in [0.1, 0.15) is 11.5 Å². The van der Waals surface area contributed by atoms with E-state index in [2.05, 4.69) is 13.8 Å². The largest absolute Gasteiger partial charge is 0.465 e. The van der Waals surface area contributed by atoms with E-state index < -0.39 is 0 Å². The van der Waals surface area contributed by atoms with Gasteiger partial charge in [-0.15, -0.1) is 0 Å². The maximum Gasteiger partial charge on any atom is 0.121 e. The Bertz CT molecular complexity index is 227. The molecule has 1 atom stereocenters. The Morgan fingerprint density at radius 3 is 2.36 bits per heavy atom. The van der Waals surface area contributed by atoms with Crippen LogP contribution < -0.4 is 5.73 Å². The van der Waals surface area contributed by atoms with Gasteiger partial charge in [0.25, 0.3) is 0 Å². The minimum atomic E-state index is 0.0312. The lowest BCUT2D eigenvalue weighted by atomic mass is 10.0. The summed E-state index contributed by atoms with van der Waals surface area (Å²) in [6.45, 7) is 6.10. The number of aryl methyl sites for hydroxylation is 1. The summed E-state index contributed by atoms with van der Waals surface area (Å²) in [6.07, 6.45) is 0. The Labute approximate surface area is 67.4 Å². The molecular formula is C9H15NO. The van der Waals surface area contributed by atoms with Crippen molar-refractivity contribution >= 4 is 0 Å². The van der Waals surface area contributed by atoms with Crippen molar-refractivity contribution in [3.8, 4) is 0 Å². The molecule has 0 spiro atoms. The molecule has 1 aromatic heterocycles. The summed E-state index contributed by atoms with van der Waals surface area (Å²) in [5.41, 5.74) is 5.86. The predicted octanol–water partition coefficient (Wildman–Crippen LogP) is 2.24. The lowest BCUT2D eigenvalue weighted by Crippen LogP contribution is -2.15. The maximum absolute atomic E-state index is 5.86. The summed E-state index contributed by atoms with van der Waals surface area (Å²) in [5, 5.41) is 0. The fourth-order valence-corrected chi connectivity index (χ4v) is 0.961. The van der Waals surface area contributed by atoms with Crippen LogP contribution in [0.2, 0.25) is 0 Å². The Hall–Kier alpha value is -0.760. The van der Waals surface area contributed by atoms with Crippen molar-refractivity contribution in [3.05, 3.63) is 23.7 Å². The van der Waals surface area contributed by atoms with Crippen LogP contribution in [0.1, 0.15) is 31.4 Å². The summed E-state index contributed by atoms with van der Waals surface area (Å²) in [5.74, 6) is 2.24. The van der Waals surface area contributed by atoms with E-state index in [1.807, 2.05) is 19.1 Å². The van der Waals surface area contributed by atoms with Crippen molar-refractivity contribution in [2.45, 2.75) is 26.8 Å². The maximum atomic E-state index is 5.86. The molecule has 0 aliphatic carbocycles. The van der Waals surface area contributed by atoms with Crippen LogP contribution in [-0.4, -0.2) is 0 Å². The van der Waals surface area contributed by atoms with Crippen molar-refractivity contribution in [1.82, 2.24) is 0 Å². The average Bonchev–Trinajstić information content (AvgIpc) is 2.34. The van der Waals surface area contributed by atoms with Crippen molar-refractivity contribution in [1.29, 1.82) is 0 Å². The number of hydrogen-bond donors (Lipinski definition) is 1. The Balaban J connectivity index is 2.76. The minimum absolute atomic E-state index is 0.0312. The summed E-state index contributed by atoms with van der Waals surface area (Å²) < 4.78 is 5.38. The lowest BCUT2D eigenvalue weighted by molar-refractivity contribution is 0.391. The van der Waals surface area contributed by atoms with Gasteiger partial charge >= 0.3 is 0 Å². The molecule has 0 aliphatic heterocycles. The third kappa shape index (κ3) is 1.84. The van der Waals surface area contributed by atoms with Crippen molar-refractivity contribution in [2.24, 2.45) is 11.7 Å². The van der Waals surface area contributed by atoms with Gasteiger partial charge in [-0.25, -0.2) is 0 Å². The van der Waals surface area contributed by atoms with Crippen LogP contribution in [0.4, 0.5) is 0 Å². The average molecular weight is 153 g/mol. The van der Waals surface area contributed by atoms with E-state index in [0.29, 0.717) is 5.92 Å². The quantitative estimate of drug-likeness (QED) is 0.707. The van der Waals surface area contributed by atoms with E-state index >= 15 is 0 Å². The van der Waals surface area contributed by atoms with E-state index in [0.717, 1.165) is 11.5 Å².